The number of rotatable bonds is 5. The molecule has 0 bridgehead atoms. The fraction of sp³-hybridized carbons (Fsp3) is 0.500. The highest BCUT2D eigenvalue weighted by Gasteiger charge is 2.29. The lowest BCUT2D eigenvalue weighted by molar-refractivity contribution is -0.0660. The quantitative estimate of drug-likeness (QED) is 0.736. The molecule has 2 aromatic rings. The second kappa shape index (κ2) is 9.23. The second-order valence-electron chi connectivity index (χ2n) is 8.32. The van der Waals surface area contributed by atoms with E-state index in [1.807, 2.05) is 30.3 Å². The van der Waals surface area contributed by atoms with Crippen molar-refractivity contribution in [2.24, 2.45) is 0 Å². The average molecular weight is 421 g/mol. The minimum Gasteiger partial charge on any atom is -0.488 e. The normalized spacial score (nSPS) is 20.8. The number of anilines is 1. The number of pyridine rings is 1. The van der Waals surface area contributed by atoms with Crippen LogP contribution in [0.1, 0.15) is 18.4 Å². The van der Waals surface area contributed by atoms with Gasteiger partial charge in [-0.3, -0.25) is 4.90 Å². The predicted octanol–water partition coefficient (Wildman–Crippen LogP) is 2.70. The van der Waals surface area contributed by atoms with E-state index in [9.17, 15) is 5.26 Å². The molecule has 1 aromatic heterocycles. The number of para-hydroxylation sites is 1. The summed E-state index contributed by atoms with van der Waals surface area (Å²) in [5.41, 5.74) is 2.26. The summed E-state index contributed by atoms with van der Waals surface area (Å²) in [6, 6.07) is 14.7. The zero-order chi connectivity index (χ0) is 21.0. The van der Waals surface area contributed by atoms with Crippen molar-refractivity contribution in [2.75, 3.05) is 57.5 Å². The topological polar surface area (TPSA) is 70.9 Å². The van der Waals surface area contributed by atoms with E-state index < -0.39 is 0 Å². The van der Waals surface area contributed by atoms with Gasteiger partial charge in [0.1, 0.15) is 23.7 Å². The summed E-state index contributed by atoms with van der Waals surface area (Å²) in [5, 5.41) is 9.68. The highest BCUT2D eigenvalue weighted by molar-refractivity contribution is 5.72. The SMILES string of the molecule is N#Cc1cccc(-c2cccc(N3CCN(C4COC4)CC3)n2)c1OC1CCOCC1. The number of hydrogen-bond acceptors (Lipinski definition) is 7. The maximum atomic E-state index is 9.68. The Labute approximate surface area is 183 Å². The fourth-order valence-electron chi connectivity index (χ4n) is 4.41. The lowest BCUT2D eigenvalue weighted by Crippen LogP contribution is -2.56. The Hall–Kier alpha value is -2.66. The minimum absolute atomic E-state index is 0.0637. The fourth-order valence-corrected chi connectivity index (χ4v) is 4.41. The Kier molecular flexibility index (Phi) is 6.03. The van der Waals surface area contributed by atoms with Gasteiger partial charge in [-0.05, 0) is 24.3 Å². The maximum Gasteiger partial charge on any atom is 0.146 e. The van der Waals surface area contributed by atoms with E-state index in [0.717, 1.165) is 69.3 Å². The summed E-state index contributed by atoms with van der Waals surface area (Å²) in [4.78, 5) is 9.82. The summed E-state index contributed by atoms with van der Waals surface area (Å²) < 4.78 is 17.1. The summed E-state index contributed by atoms with van der Waals surface area (Å²) in [6.07, 6.45) is 1.74. The Balaban J connectivity index is 1.37. The number of benzene rings is 1. The van der Waals surface area contributed by atoms with Gasteiger partial charge in [-0.25, -0.2) is 4.98 Å². The van der Waals surface area contributed by atoms with Crippen LogP contribution in [0.15, 0.2) is 36.4 Å². The molecule has 1 aromatic carbocycles. The van der Waals surface area contributed by atoms with Crippen LogP contribution in [0.3, 0.4) is 0 Å². The molecule has 7 heteroatoms. The van der Waals surface area contributed by atoms with Crippen molar-refractivity contribution >= 4 is 5.82 Å². The number of aromatic nitrogens is 1. The van der Waals surface area contributed by atoms with Crippen LogP contribution in [0.4, 0.5) is 5.82 Å². The van der Waals surface area contributed by atoms with Crippen molar-refractivity contribution in [3.05, 3.63) is 42.0 Å². The Morgan fingerprint density at radius 1 is 0.968 bits per heavy atom. The van der Waals surface area contributed by atoms with Crippen molar-refractivity contribution in [3.8, 4) is 23.1 Å². The first-order valence-corrected chi connectivity index (χ1v) is 11.1. The summed E-state index contributed by atoms with van der Waals surface area (Å²) >= 11 is 0. The van der Waals surface area contributed by atoms with Crippen LogP contribution in [0.25, 0.3) is 11.3 Å². The van der Waals surface area contributed by atoms with E-state index in [1.165, 1.54) is 0 Å². The average Bonchev–Trinajstić information content (AvgIpc) is 2.79. The standard InChI is InChI=1S/C24H28N4O3/c25-15-18-3-1-4-21(24(18)31-20-7-13-29-14-8-20)22-5-2-6-23(26-22)28-11-9-27(10-12-28)19-16-30-17-19/h1-6,19-20H,7-14,16-17H2. The molecule has 162 valence electrons. The van der Waals surface area contributed by atoms with Crippen LogP contribution in [-0.4, -0.2) is 74.6 Å². The number of hydrogen-bond donors (Lipinski definition) is 0. The van der Waals surface area contributed by atoms with E-state index >= 15 is 0 Å². The highest BCUT2D eigenvalue weighted by Crippen LogP contribution is 2.35. The first kappa shape index (κ1) is 20.3. The maximum absolute atomic E-state index is 9.68. The summed E-state index contributed by atoms with van der Waals surface area (Å²) in [7, 11) is 0. The monoisotopic (exact) mass is 420 g/mol. The van der Waals surface area contributed by atoms with Gasteiger partial charge < -0.3 is 19.1 Å². The van der Waals surface area contributed by atoms with E-state index in [1.54, 1.807) is 0 Å². The van der Waals surface area contributed by atoms with Gasteiger partial charge in [0, 0.05) is 44.6 Å². The molecule has 7 nitrogen and oxygen atoms in total. The molecule has 0 spiro atoms. The smallest absolute Gasteiger partial charge is 0.146 e. The first-order chi connectivity index (χ1) is 15.3. The van der Waals surface area contributed by atoms with E-state index in [0.29, 0.717) is 30.6 Å². The molecule has 0 aliphatic carbocycles. The number of piperazine rings is 1. The zero-order valence-corrected chi connectivity index (χ0v) is 17.7. The van der Waals surface area contributed by atoms with Gasteiger partial charge >= 0.3 is 0 Å². The molecule has 0 N–H and O–H groups in total. The van der Waals surface area contributed by atoms with Crippen molar-refractivity contribution in [3.63, 3.8) is 0 Å². The Morgan fingerprint density at radius 2 is 1.74 bits per heavy atom. The van der Waals surface area contributed by atoms with Gasteiger partial charge in [-0.2, -0.15) is 5.26 Å². The molecular weight excluding hydrogens is 392 g/mol. The van der Waals surface area contributed by atoms with Gasteiger partial charge in [0.05, 0.1) is 43.7 Å². The Bertz CT molecular complexity index is 942. The lowest BCUT2D eigenvalue weighted by Gasteiger charge is -2.42. The van der Waals surface area contributed by atoms with E-state index in [-0.39, 0.29) is 6.10 Å². The molecule has 0 saturated carbocycles. The molecular formula is C24H28N4O3. The van der Waals surface area contributed by atoms with Crippen molar-refractivity contribution in [1.29, 1.82) is 5.26 Å². The molecule has 3 aliphatic rings. The van der Waals surface area contributed by atoms with E-state index in [2.05, 4.69) is 21.9 Å². The lowest BCUT2D eigenvalue weighted by atomic mass is 10.0. The molecule has 3 fully saturated rings. The second-order valence-corrected chi connectivity index (χ2v) is 8.32. The summed E-state index contributed by atoms with van der Waals surface area (Å²) in [5.74, 6) is 1.61. The molecule has 5 rings (SSSR count). The Morgan fingerprint density at radius 3 is 2.45 bits per heavy atom. The third-order valence-corrected chi connectivity index (χ3v) is 6.37. The number of nitrogens with zero attached hydrogens (tertiary/aromatic N) is 4. The van der Waals surface area contributed by atoms with Gasteiger partial charge in [-0.15, -0.1) is 0 Å². The molecule has 0 unspecified atom stereocenters. The molecule has 0 amide bonds. The largest absolute Gasteiger partial charge is 0.488 e. The number of nitriles is 1. The molecule has 4 heterocycles. The third-order valence-electron chi connectivity index (χ3n) is 6.37. The minimum atomic E-state index is 0.0637. The van der Waals surface area contributed by atoms with Crippen LogP contribution < -0.4 is 9.64 Å². The third kappa shape index (κ3) is 4.38. The number of ether oxygens (including phenoxy) is 3. The highest BCUT2D eigenvalue weighted by atomic mass is 16.5. The van der Waals surface area contributed by atoms with Crippen LogP contribution in [0.5, 0.6) is 5.75 Å². The first-order valence-electron chi connectivity index (χ1n) is 11.1. The van der Waals surface area contributed by atoms with E-state index in [4.69, 9.17) is 19.2 Å². The van der Waals surface area contributed by atoms with Crippen molar-refractivity contribution < 1.29 is 14.2 Å². The zero-order valence-electron chi connectivity index (χ0n) is 17.7. The molecule has 0 radical (unpaired) electrons. The van der Waals surface area contributed by atoms with Crippen LogP contribution in [-0.2, 0) is 9.47 Å². The molecule has 31 heavy (non-hydrogen) atoms. The molecule has 0 atom stereocenters. The van der Waals surface area contributed by atoms with Crippen molar-refractivity contribution in [1.82, 2.24) is 9.88 Å². The predicted molar refractivity (Wildman–Crippen MR) is 117 cm³/mol. The van der Waals surface area contributed by atoms with Gasteiger partial charge in [0.15, 0.2) is 0 Å². The van der Waals surface area contributed by atoms with Crippen LogP contribution >= 0.6 is 0 Å². The van der Waals surface area contributed by atoms with Crippen LogP contribution in [0, 0.1) is 11.3 Å². The van der Waals surface area contributed by atoms with Crippen LogP contribution in [0.2, 0.25) is 0 Å². The molecule has 3 aliphatic heterocycles. The van der Waals surface area contributed by atoms with Crippen molar-refractivity contribution in [2.45, 2.75) is 25.0 Å². The molecule has 3 saturated heterocycles. The van der Waals surface area contributed by atoms with Gasteiger partial charge in [-0.1, -0.05) is 12.1 Å². The van der Waals surface area contributed by atoms with Gasteiger partial charge in [0.2, 0.25) is 0 Å². The van der Waals surface area contributed by atoms with Gasteiger partial charge in [0.25, 0.3) is 0 Å². The summed E-state index contributed by atoms with van der Waals surface area (Å²) in [6.45, 7) is 7.08.